The minimum absolute atomic E-state index is 0.158. The molecular weight excluding hydrogens is 522 g/mol. The van der Waals surface area contributed by atoms with Gasteiger partial charge in [0.25, 0.3) is 5.56 Å². The van der Waals surface area contributed by atoms with Crippen LogP contribution in [0.5, 0.6) is 0 Å². The van der Waals surface area contributed by atoms with E-state index in [0.29, 0.717) is 5.32 Å². The van der Waals surface area contributed by atoms with Crippen molar-refractivity contribution in [3.63, 3.8) is 0 Å². The fraction of sp³-hybridized carbons (Fsp3) is 0.0571. The van der Waals surface area contributed by atoms with Crippen LogP contribution in [0.4, 0.5) is 0 Å². The number of rotatable bonds is 8. The Morgan fingerprint density at radius 1 is 0.488 bits per heavy atom. The maximum absolute atomic E-state index is 14.7. The summed E-state index contributed by atoms with van der Waals surface area (Å²) in [7, 11) is -3.27. The van der Waals surface area contributed by atoms with Gasteiger partial charge in [-0.3, -0.25) is 9.36 Å². The van der Waals surface area contributed by atoms with E-state index in [2.05, 4.69) is 36.4 Å². The van der Waals surface area contributed by atoms with Gasteiger partial charge in [-0.15, -0.1) is 0 Å². The molecule has 0 spiro atoms. The van der Waals surface area contributed by atoms with Crippen molar-refractivity contribution in [3.05, 3.63) is 184 Å². The summed E-state index contributed by atoms with van der Waals surface area (Å²) in [6.45, 7) is 0.413. The summed E-state index contributed by atoms with van der Waals surface area (Å²) in [5.41, 5.74) is 1.03. The molecule has 200 valence electrons. The van der Waals surface area contributed by atoms with Gasteiger partial charge in [-0.05, 0) is 26.7 Å². The summed E-state index contributed by atoms with van der Waals surface area (Å²) in [4.78, 5) is 28.7. The maximum atomic E-state index is 14.7. The van der Waals surface area contributed by atoms with Crippen molar-refractivity contribution in [2.75, 3.05) is 0 Å². The third kappa shape index (κ3) is 5.01. The lowest BCUT2D eigenvalue weighted by Gasteiger charge is -2.32. The van der Waals surface area contributed by atoms with Gasteiger partial charge >= 0.3 is 5.69 Å². The Kier molecular flexibility index (Phi) is 7.39. The van der Waals surface area contributed by atoms with Crippen LogP contribution in [-0.4, -0.2) is 22.4 Å². The first-order chi connectivity index (χ1) is 20.2. The van der Waals surface area contributed by atoms with E-state index in [4.69, 9.17) is 5.10 Å². The largest absolute Gasteiger partial charge is 0.348 e. The summed E-state index contributed by atoms with van der Waals surface area (Å²) in [6.07, 6.45) is 0. The van der Waals surface area contributed by atoms with Crippen molar-refractivity contribution in [3.8, 4) is 0 Å². The Morgan fingerprint density at radius 3 is 1.27 bits per heavy atom. The van der Waals surface area contributed by atoms with Crippen molar-refractivity contribution in [2.24, 2.45) is 0 Å². The first-order valence-corrected chi connectivity index (χ1v) is 15.6. The highest BCUT2D eigenvalue weighted by Crippen LogP contribution is 2.08. The van der Waals surface area contributed by atoms with Gasteiger partial charge in [0, 0.05) is 0 Å². The van der Waals surface area contributed by atoms with Crippen molar-refractivity contribution in [1.29, 1.82) is 0 Å². The van der Waals surface area contributed by atoms with Crippen LogP contribution in [0, 0.1) is 0 Å². The van der Waals surface area contributed by atoms with Crippen LogP contribution in [0.3, 0.4) is 0 Å². The minimum atomic E-state index is -3.27. The SMILES string of the molecule is O=c1c([Si](c2ccccc2)(c2ccccc2)c2ccccc2)nn(Cc2ccccc2)c(=O)n1Cc1ccccc1. The highest BCUT2D eigenvalue weighted by atomic mass is 28.3. The van der Waals surface area contributed by atoms with Crippen LogP contribution in [0.15, 0.2) is 161 Å². The van der Waals surface area contributed by atoms with E-state index in [1.165, 1.54) is 9.25 Å². The monoisotopic (exact) mass is 551 g/mol. The fourth-order valence-electron chi connectivity index (χ4n) is 5.54. The molecule has 0 bridgehead atoms. The molecule has 0 atom stereocenters. The van der Waals surface area contributed by atoms with Crippen molar-refractivity contribution in [2.45, 2.75) is 13.1 Å². The quantitative estimate of drug-likeness (QED) is 0.216. The second-order valence-corrected chi connectivity index (χ2v) is 13.7. The van der Waals surface area contributed by atoms with Gasteiger partial charge in [0.05, 0.1) is 13.1 Å². The Bertz CT molecular complexity index is 1760. The van der Waals surface area contributed by atoms with Gasteiger partial charge in [0.2, 0.25) is 8.07 Å². The molecule has 6 rings (SSSR count). The first-order valence-electron chi connectivity index (χ1n) is 13.6. The normalized spacial score (nSPS) is 11.3. The molecule has 0 saturated carbocycles. The van der Waals surface area contributed by atoms with Crippen LogP contribution in [-0.2, 0) is 13.1 Å². The Labute approximate surface area is 239 Å². The number of nitrogens with zero attached hydrogens (tertiary/aromatic N) is 3. The third-order valence-electron chi connectivity index (χ3n) is 7.45. The van der Waals surface area contributed by atoms with Crippen LogP contribution in [0.2, 0.25) is 0 Å². The van der Waals surface area contributed by atoms with E-state index >= 15 is 0 Å². The topological polar surface area (TPSA) is 56.9 Å². The van der Waals surface area contributed by atoms with E-state index in [9.17, 15) is 9.59 Å². The van der Waals surface area contributed by atoms with E-state index in [-0.39, 0.29) is 18.6 Å². The Morgan fingerprint density at radius 2 is 0.854 bits per heavy atom. The smallest absolute Gasteiger partial charge is 0.267 e. The molecule has 0 aliphatic rings. The molecule has 6 aromatic rings. The van der Waals surface area contributed by atoms with E-state index < -0.39 is 13.8 Å². The predicted molar refractivity (Wildman–Crippen MR) is 167 cm³/mol. The van der Waals surface area contributed by atoms with Gasteiger partial charge in [-0.2, -0.15) is 5.10 Å². The molecular formula is C35H29N3O2Si. The molecule has 0 amide bonds. The van der Waals surface area contributed by atoms with Gasteiger partial charge in [0.15, 0.2) is 0 Å². The van der Waals surface area contributed by atoms with Crippen LogP contribution in [0.25, 0.3) is 0 Å². The number of benzene rings is 5. The van der Waals surface area contributed by atoms with E-state index in [0.717, 1.165) is 26.7 Å². The molecule has 5 nitrogen and oxygen atoms in total. The molecule has 0 radical (unpaired) electrons. The zero-order valence-electron chi connectivity index (χ0n) is 22.5. The van der Waals surface area contributed by atoms with Crippen molar-refractivity contribution >= 4 is 29.0 Å². The molecule has 5 aromatic carbocycles. The molecule has 41 heavy (non-hydrogen) atoms. The molecule has 0 saturated heterocycles. The van der Waals surface area contributed by atoms with Gasteiger partial charge < -0.3 is 0 Å². The number of hydrogen-bond donors (Lipinski definition) is 0. The first kappa shape index (κ1) is 26.2. The predicted octanol–water partition coefficient (Wildman–Crippen LogP) is 2.88. The molecule has 0 aliphatic heterocycles. The van der Waals surface area contributed by atoms with E-state index in [1.807, 2.05) is 115 Å². The highest BCUT2D eigenvalue weighted by molar-refractivity contribution is 7.19. The van der Waals surface area contributed by atoms with Crippen molar-refractivity contribution < 1.29 is 0 Å². The third-order valence-corrected chi connectivity index (χ3v) is 12.1. The Hall–Kier alpha value is -5.07. The molecule has 0 N–H and O–H groups in total. The van der Waals surface area contributed by atoms with Crippen LogP contribution in [0.1, 0.15) is 11.1 Å². The summed E-state index contributed by atoms with van der Waals surface area (Å²) >= 11 is 0. The molecule has 1 heterocycles. The van der Waals surface area contributed by atoms with Crippen LogP contribution >= 0.6 is 0 Å². The molecule has 1 aromatic heterocycles. The van der Waals surface area contributed by atoms with Gasteiger partial charge in [-0.25, -0.2) is 9.48 Å². The maximum Gasteiger partial charge on any atom is 0.348 e. The zero-order valence-corrected chi connectivity index (χ0v) is 23.5. The molecule has 0 fully saturated rings. The average Bonchev–Trinajstić information content (AvgIpc) is 3.04. The zero-order chi connectivity index (χ0) is 28.1. The standard InChI is InChI=1S/C35H29N3O2Si/c39-34-33(36-38(27-29-18-8-2-9-19-29)35(40)37(34)26-28-16-6-1-7-17-28)41(30-20-10-3-11-21-30,31-22-12-4-13-23-31)32-24-14-5-15-25-32/h1-25H,26-27H2. The average molecular weight is 552 g/mol. The lowest BCUT2D eigenvalue weighted by molar-refractivity contribution is 0.550. The molecule has 0 unspecified atom stereocenters. The lowest BCUT2D eigenvalue weighted by Crippen LogP contribution is -2.80. The summed E-state index contributed by atoms with van der Waals surface area (Å²) in [5.74, 6) is 0. The Balaban J connectivity index is 1.72. The number of hydrogen-bond acceptors (Lipinski definition) is 3. The fourth-order valence-corrected chi connectivity index (χ4v) is 10.2. The van der Waals surface area contributed by atoms with E-state index in [1.54, 1.807) is 0 Å². The lowest BCUT2D eigenvalue weighted by atomic mass is 10.2. The van der Waals surface area contributed by atoms with Crippen molar-refractivity contribution in [1.82, 2.24) is 14.3 Å². The summed E-state index contributed by atoms with van der Waals surface area (Å²) in [6, 6.07) is 49.9. The second kappa shape index (κ2) is 11.6. The van der Waals surface area contributed by atoms with Gasteiger partial charge in [-0.1, -0.05) is 152 Å². The molecule has 6 heteroatoms. The molecule has 0 aliphatic carbocycles. The highest BCUT2D eigenvalue weighted by Gasteiger charge is 2.46. The summed E-state index contributed by atoms with van der Waals surface area (Å²) < 4.78 is 2.82. The van der Waals surface area contributed by atoms with Gasteiger partial charge in [0.1, 0.15) is 5.32 Å². The second-order valence-electron chi connectivity index (χ2n) is 10.00. The summed E-state index contributed by atoms with van der Waals surface area (Å²) in [5, 5.41) is 8.49. The number of aromatic nitrogens is 3. The van der Waals surface area contributed by atoms with Crippen LogP contribution < -0.4 is 32.1 Å². The minimum Gasteiger partial charge on any atom is -0.267 e.